The number of thiophene rings is 1. The second kappa shape index (κ2) is 5.25. The lowest BCUT2D eigenvalue weighted by molar-refractivity contribution is 0.0945. The number of hydrogen-bond acceptors (Lipinski definition) is 3. The molecule has 1 aromatic rings. The zero-order chi connectivity index (χ0) is 10.7. The Morgan fingerprint density at radius 2 is 2.36 bits per heavy atom. The zero-order valence-electron chi connectivity index (χ0n) is 7.51. The van der Waals surface area contributed by atoms with Gasteiger partial charge < -0.3 is 11.1 Å². The van der Waals surface area contributed by atoms with E-state index in [1.165, 1.54) is 11.3 Å². The summed E-state index contributed by atoms with van der Waals surface area (Å²) in [4.78, 5) is 12.3. The van der Waals surface area contributed by atoms with Gasteiger partial charge in [0.1, 0.15) is 0 Å². The number of nitrogens with one attached hydrogen (secondary N) is 1. The highest BCUT2D eigenvalue weighted by molar-refractivity contribution is 9.13. The first-order valence-electron chi connectivity index (χ1n) is 4.00. The molecule has 1 aromatic heterocycles. The van der Waals surface area contributed by atoms with Gasteiger partial charge in [0.05, 0.1) is 8.66 Å². The summed E-state index contributed by atoms with van der Waals surface area (Å²) in [6.45, 7) is 2.31. The molecule has 0 saturated heterocycles. The van der Waals surface area contributed by atoms with Crippen molar-refractivity contribution in [2.45, 2.75) is 13.0 Å². The van der Waals surface area contributed by atoms with E-state index in [4.69, 9.17) is 5.73 Å². The smallest absolute Gasteiger partial charge is 0.261 e. The van der Waals surface area contributed by atoms with Crippen LogP contribution >= 0.6 is 43.2 Å². The third-order valence-electron chi connectivity index (χ3n) is 1.60. The maximum absolute atomic E-state index is 11.6. The fraction of sp³-hybridized carbons (Fsp3) is 0.375. The third-order valence-corrected chi connectivity index (χ3v) is 4.85. The molecule has 0 bridgehead atoms. The van der Waals surface area contributed by atoms with Gasteiger partial charge in [-0.05, 0) is 44.8 Å². The highest BCUT2D eigenvalue weighted by Gasteiger charge is 2.13. The van der Waals surface area contributed by atoms with Crippen LogP contribution in [0.25, 0.3) is 0 Å². The minimum Gasteiger partial charge on any atom is -0.348 e. The molecule has 3 nitrogen and oxygen atoms in total. The number of hydrogen-bond donors (Lipinski definition) is 2. The molecule has 0 radical (unpaired) electrons. The van der Waals surface area contributed by atoms with Crippen molar-refractivity contribution >= 4 is 49.1 Å². The molecular formula is C8H10Br2N2OS. The highest BCUT2D eigenvalue weighted by atomic mass is 79.9. The molecule has 1 amide bonds. The molecule has 1 rings (SSSR count). The monoisotopic (exact) mass is 340 g/mol. The van der Waals surface area contributed by atoms with Gasteiger partial charge >= 0.3 is 0 Å². The first-order chi connectivity index (χ1) is 6.54. The van der Waals surface area contributed by atoms with Crippen molar-refractivity contribution in [2.75, 3.05) is 6.54 Å². The Balaban J connectivity index is 2.70. The van der Waals surface area contributed by atoms with Gasteiger partial charge in [0.2, 0.25) is 0 Å². The normalized spacial score (nSPS) is 12.6. The quantitative estimate of drug-likeness (QED) is 0.886. The molecule has 0 aliphatic rings. The van der Waals surface area contributed by atoms with Crippen molar-refractivity contribution in [2.24, 2.45) is 5.73 Å². The van der Waals surface area contributed by atoms with E-state index in [-0.39, 0.29) is 11.9 Å². The van der Waals surface area contributed by atoms with Crippen LogP contribution in [0.2, 0.25) is 0 Å². The van der Waals surface area contributed by atoms with E-state index < -0.39 is 0 Å². The molecular weight excluding hydrogens is 332 g/mol. The topological polar surface area (TPSA) is 55.1 Å². The highest BCUT2D eigenvalue weighted by Crippen LogP contribution is 2.32. The Morgan fingerprint density at radius 3 is 2.79 bits per heavy atom. The standard InChI is InChI=1S/C8H10Br2N2OS/c1-4(3-11)12-8(13)6-2-5(9)7(10)14-6/h2,4H,3,11H2,1H3,(H,12,13)/t4-/m1/s1. The average molecular weight is 342 g/mol. The Hall–Kier alpha value is 0.0900. The number of carbonyl (C=O) groups excluding carboxylic acids is 1. The molecule has 1 heterocycles. The number of nitrogens with two attached hydrogens (primary N) is 1. The second-order valence-corrected chi connectivity index (χ2v) is 6.07. The van der Waals surface area contributed by atoms with Crippen molar-refractivity contribution in [3.63, 3.8) is 0 Å². The predicted molar refractivity (Wildman–Crippen MR) is 65.7 cm³/mol. The first-order valence-corrected chi connectivity index (χ1v) is 6.40. The molecule has 0 unspecified atom stereocenters. The number of carbonyl (C=O) groups is 1. The van der Waals surface area contributed by atoms with Crippen LogP contribution in [0.5, 0.6) is 0 Å². The Labute approximate surface area is 103 Å². The molecule has 0 aliphatic heterocycles. The maximum atomic E-state index is 11.6. The van der Waals surface area contributed by atoms with Crippen LogP contribution in [0, 0.1) is 0 Å². The van der Waals surface area contributed by atoms with E-state index in [0.717, 1.165) is 8.26 Å². The lowest BCUT2D eigenvalue weighted by atomic mass is 10.3. The van der Waals surface area contributed by atoms with Gasteiger partial charge in [-0.25, -0.2) is 0 Å². The van der Waals surface area contributed by atoms with Crippen molar-refractivity contribution < 1.29 is 4.79 Å². The van der Waals surface area contributed by atoms with E-state index >= 15 is 0 Å². The average Bonchev–Trinajstić information content (AvgIpc) is 2.47. The molecule has 3 N–H and O–H groups in total. The van der Waals surface area contributed by atoms with Crippen LogP contribution in [0.4, 0.5) is 0 Å². The van der Waals surface area contributed by atoms with E-state index in [1.54, 1.807) is 6.07 Å². The Kier molecular flexibility index (Phi) is 4.56. The van der Waals surface area contributed by atoms with E-state index in [9.17, 15) is 4.79 Å². The zero-order valence-corrected chi connectivity index (χ0v) is 11.5. The summed E-state index contributed by atoms with van der Waals surface area (Å²) in [6.07, 6.45) is 0. The summed E-state index contributed by atoms with van der Waals surface area (Å²) in [5.41, 5.74) is 5.40. The minimum atomic E-state index is -0.0839. The van der Waals surface area contributed by atoms with Crippen LogP contribution in [-0.2, 0) is 0 Å². The lowest BCUT2D eigenvalue weighted by Crippen LogP contribution is -2.37. The molecule has 78 valence electrons. The van der Waals surface area contributed by atoms with Crippen LogP contribution in [0.1, 0.15) is 16.6 Å². The molecule has 0 aliphatic carbocycles. The molecule has 6 heteroatoms. The summed E-state index contributed by atoms with van der Waals surface area (Å²) in [5, 5.41) is 2.79. The summed E-state index contributed by atoms with van der Waals surface area (Å²) in [7, 11) is 0. The molecule has 14 heavy (non-hydrogen) atoms. The van der Waals surface area contributed by atoms with Crippen molar-refractivity contribution in [3.8, 4) is 0 Å². The van der Waals surface area contributed by atoms with Crippen LogP contribution < -0.4 is 11.1 Å². The maximum Gasteiger partial charge on any atom is 0.261 e. The Morgan fingerprint density at radius 1 is 1.71 bits per heavy atom. The van der Waals surface area contributed by atoms with Gasteiger partial charge in [-0.2, -0.15) is 0 Å². The van der Waals surface area contributed by atoms with Crippen molar-refractivity contribution in [1.29, 1.82) is 0 Å². The summed E-state index contributed by atoms with van der Waals surface area (Å²) in [5.74, 6) is -0.0839. The van der Waals surface area contributed by atoms with Gasteiger partial charge in [-0.1, -0.05) is 0 Å². The summed E-state index contributed by atoms with van der Waals surface area (Å²) in [6, 6.07) is 1.79. The van der Waals surface area contributed by atoms with Gasteiger partial charge in [0.15, 0.2) is 0 Å². The SMILES string of the molecule is C[C@H](CN)NC(=O)c1cc(Br)c(Br)s1. The van der Waals surface area contributed by atoms with Crippen molar-refractivity contribution in [3.05, 3.63) is 19.2 Å². The van der Waals surface area contributed by atoms with Gasteiger partial charge in [-0.15, -0.1) is 11.3 Å². The molecule has 0 spiro atoms. The fourth-order valence-corrected chi connectivity index (χ4v) is 2.75. The fourth-order valence-electron chi connectivity index (χ4n) is 0.812. The van der Waals surface area contributed by atoms with E-state index in [0.29, 0.717) is 11.4 Å². The molecule has 0 aromatic carbocycles. The summed E-state index contributed by atoms with van der Waals surface area (Å²) < 4.78 is 1.82. The number of amides is 1. The van der Waals surface area contributed by atoms with Crippen LogP contribution in [0.15, 0.2) is 14.3 Å². The van der Waals surface area contributed by atoms with Crippen molar-refractivity contribution in [1.82, 2.24) is 5.32 Å². The molecule has 0 fully saturated rings. The van der Waals surface area contributed by atoms with Crippen LogP contribution in [0.3, 0.4) is 0 Å². The largest absolute Gasteiger partial charge is 0.348 e. The number of rotatable bonds is 3. The molecule has 0 saturated carbocycles. The Bertz CT molecular complexity index is 321. The van der Waals surface area contributed by atoms with Gasteiger partial charge in [0.25, 0.3) is 5.91 Å². The lowest BCUT2D eigenvalue weighted by Gasteiger charge is -2.09. The summed E-state index contributed by atoms with van der Waals surface area (Å²) >= 11 is 8.05. The van der Waals surface area contributed by atoms with Crippen LogP contribution in [-0.4, -0.2) is 18.5 Å². The van der Waals surface area contributed by atoms with E-state index in [1.807, 2.05) is 6.92 Å². The van der Waals surface area contributed by atoms with Gasteiger partial charge in [-0.3, -0.25) is 4.79 Å². The minimum absolute atomic E-state index is 0.00199. The van der Waals surface area contributed by atoms with Gasteiger partial charge in [0, 0.05) is 17.1 Å². The third kappa shape index (κ3) is 3.05. The molecule has 1 atom stereocenters. The second-order valence-electron chi connectivity index (χ2n) is 2.84. The predicted octanol–water partition coefficient (Wildman–Crippen LogP) is 2.35. The first kappa shape index (κ1) is 12.2. The van der Waals surface area contributed by atoms with E-state index in [2.05, 4.69) is 37.2 Å². The number of halogens is 2.